The summed E-state index contributed by atoms with van der Waals surface area (Å²) >= 11 is 0. The second kappa shape index (κ2) is 41.6. The Labute approximate surface area is 347 Å². The first-order valence-electron chi connectivity index (χ1n) is 20.5. The average molecular weight is 791 g/mol. The van der Waals surface area contributed by atoms with E-state index in [0.717, 1.165) is 51.4 Å². The molecule has 0 aliphatic carbocycles. The van der Waals surface area contributed by atoms with Gasteiger partial charge in [-0.2, -0.15) is 0 Å². The van der Waals surface area contributed by atoms with Crippen molar-refractivity contribution in [2.45, 2.75) is 207 Å². The maximum Gasteiger partial charge on any atom is 2.00 e. The van der Waals surface area contributed by atoms with Gasteiger partial charge in [-0.25, -0.2) is 16.8 Å². The van der Waals surface area contributed by atoms with Gasteiger partial charge in [0.25, 0.3) is 0 Å². The summed E-state index contributed by atoms with van der Waals surface area (Å²) in [5.74, 6) is 0.0456. The third-order valence-electron chi connectivity index (χ3n) is 8.98. The van der Waals surface area contributed by atoms with Crippen molar-refractivity contribution in [3.63, 3.8) is 0 Å². The second-order valence-electron chi connectivity index (χ2n) is 14.0. The molecule has 300 valence electrons. The first kappa shape index (κ1) is 55.8. The fraction of sp³-hybridized carbons (Fsp3) is 0.900. The fourth-order valence-corrected chi connectivity index (χ4v) is 6.53. The van der Waals surface area contributed by atoms with Gasteiger partial charge < -0.3 is 9.11 Å². The minimum absolute atomic E-state index is 0. The molecule has 0 saturated carbocycles. The SMILES string of the molecule is CCCCCCCCCC/C=C/C(CCCCCC)COS(=O)(=O)[O-].CCCCCCCCCC/C=C/C(CCCCCC)COS(=O)(=O)[O-].[Ca+2]. The Morgan fingerprint density at radius 2 is 0.686 bits per heavy atom. The molecule has 0 aromatic carbocycles. The molecule has 0 bridgehead atoms. The maximum absolute atomic E-state index is 10.7. The first-order valence-corrected chi connectivity index (χ1v) is 23.2. The van der Waals surface area contributed by atoms with Crippen LogP contribution < -0.4 is 0 Å². The van der Waals surface area contributed by atoms with Gasteiger partial charge in [0.05, 0.1) is 13.2 Å². The molecule has 0 rings (SSSR count). The predicted octanol–water partition coefficient (Wildman–Crippen LogP) is 11.9. The summed E-state index contributed by atoms with van der Waals surface area (Å²) in [7, 11) is -9.18. The topological polar surface area (TPSA) is 133 Å². The van der Waals surface area contributed by atoms with Crippen LogP contribution in [-0.4, -0.2) is 76.9 Å². The Morgan fingerprint density at radius 3 is 0.961 bits per heavy atom. The summed E-state index contributed by atoms with van der Waals surface area (Å²) in [4.78, 5) is 0. The molecular weight excluding hydrogens is 713 g/mol. The van der Waals surface area contributed by atoms with Crippen LogP contribution in [0.1, 0.15) is 207 Å². The van der Waals surface area contributed by atoms with Crippen LogP contribution in [0.15, 0.2) is 24.3 Å². The average Bonchev–Trinajstić information content (AvgIpc) is 3.06. The zero-order valence-corrected chi connectivity index (χ0v) is 37.3. The number of hydrogen-bond acceptors (Lipinski definition) is 8. The molecule has 0 amide bonds. The van der Waals surface area contributed by atoms with Crippen molar-refractivity contribution < 1.29 is 34.3 Å². The van der Waals surface area contributed by atoms with E-state index in [9.17, 15) is 25.9 Å². The quantitative estimate of drug-likeness (QED) is 0.0201. The van der Waals surface area contributed by atoms with E-state index >= 15 is 0 Å². The normalized spacial score (nSPS) is 13.3. The summed E-state index contributed by atoms with van der Waals surface area (Å²) in [6.45, 7) is 8.75. The molecule has 0 aliphatic heterocycles. The van der Waals surface area contributed by atoms with E-state index in [1.807, 2.05) is 12.2 Å². The van der Waals surface area contributed by atoms with Crippen LogP contribution >= 0.6 is 0 Å². The minimum Gasteiger partial charge on any atom is -0.726 e. The van der Waals surface area contributed by atoms with Crippen LogP contribution in [-0.2, 0) is 29.2 Å². The van der Waals surface area contributed by atoms with E-state index in [0.29, 0.717) is 0 Å². The summed E-state index contributed by atoms with van der Waals surface area (Å²) in [5, 5.41) is 0. The van der Waals surface area contributed by atoms with Gasteiger partial charge in [-0.15, -0.1) is 0 Å². The van der Waals surface area contributed by atoms with E-state index in [1.165, 1.54) is 128 Å². The van der Waals surface area contributed by atoms with E-state index in [-0.39, 0.29) is 62.8 Å². The Morgan fingerprint density at radius 1 is 0.431 bits per heavy atom. The van der Waals surface area contributed by atoms with Crippen molar-refractivity contribution in [1.29, 1.82) is 0 Å². The molecule has 0 fully saturated rings. The van der Waals surface area contributed by atoms with Crippen molar-refractivity contribution in [1.82, 2.24) is 0 Å². The molecule has 0 N–H and O–H groups in total. The first-order chi connectivity index (χ1) is 24.0. The van der Waals surface area contributed by atoms with Gasteiger partial charge >= 0.3 is 37.7 Å². The molecule has 0 aromatic rings. The summed E-state index contributed by atoms with van der Waals surface area (Å²) in [6, 6.07) is 0. The van der Waals surface area contributed by atoms with Gasteiger partial charge in [0.15, 0.2) is 0 Å². The molecule has 0 spiro atoms. The number of allylic oxidation sites excluding steroid dienone is 2. The molecule has 0 aliphatic rings. The van der Waals surface area contributed by atoms with Crippen LogP contribution in [0.5, 0.6) is 0 Å². The van der Waals surface area contributed by atoms with Crippen LogP contribution in [0.3, 0.4) is 0 Å². The Bertz CT molecular complexity index is 893. The number of hydrogen-bond donors (Lipinski definition) is 0. The number of unbranched alkanes of at least 4 members (excludes halogenated alkanes) is 22. The van der Waals surface area contributed by atoms with Crippen LogP contribution in [0.25, 0.3) is 0 Å². The van der Waals surface area contributed by atoms with Gasteiger partial charge in [0.2, 0.25) is 20.8 Å². The third-order valence-corrected chi connectivity index (χ3v) is 9.82. The molecular formula is C40H78CaO8S2. The molecule has 2 unspecified atom stereocenters. The van der Waals surface area contributed by atoms with Crippen molar-refractivity contribution in [3.8, 4) is 0 Å². The molecule has 51 heavy (non-hydrogen) atoms. The molecule has 8 nitrogen and oxygen atoms in total. The molecule has 11 heteroatoms. The van der Waals surface area contributed by atoms with E-state index in [2.05, 4.69) is 48.2 Å². The standard InChI is InChI=1S/2C20H40O4S.Ca/c2*1-3-5-7-9-10-11-12-13-14-16-18-20(17-15-8-6-4-2)19-24-25(21,22)23;/h2*16,18,20H,3-15,17,19H2,1-2H3,(H,21,22,23);/q;;+2/p-2/b2*18-16+;. The van der Waals surface area contributed by atoms with Crippen LogP contribution in [0.4, 0.5) is 0 Å². The molecule has 0 radical (unpaired) electrons. The Balaban J connectivity index is -0.000000886. The maximum atomic E-state index is 10.7. The smallest absolute Gasteiger partial charge is 0.726 e. The molecule has 0 saturated heterocycles. The van der Waals surface area contributed by atoms with Gasteiger partial charge in [-0.3, -0.25) is 8.37 Å². The van der Waals surface area contributed by atoms with Crippen molar-refractivity contribution in [2.24, 2.45) is 11.8 Å². The van der Waals surface area contributed by atoms with Gasteiger partial charge in [0.1, 0.15) is 0 Å². The summed E-state index contributed by atoms with van der Waals surface area (Å²) < 4.78 is 72.8. The Hall–Kier alpha value is 0.480. The van der Waals surface area contributed by atoms with Crippen LogP contribution in [0.2, 0.25) is 0 Å². The van der Waals surface area contributed by atoms with E-state index in [4.69, 9.17) is 0 Å². The minimum atomic E-state index is -4.59. The van der Waals surface area contributed by atoms with Gasteiger partial charge in [-0.1, -0.05) is 193 Å². The molecule has 0 heterocycles. The van der Waals surface area contributed by atoms with Crippen molar-refractivity contribution >= 4 is 58.5 Å². The molecule has 0 aromatic heterocycles. The summed E-state index contributed by atoms with van der Waals surface area (Å²) in [6.07, 6.45) is 42.1. The van der Waals surface area contributed by atoms with Crippen molar-refractivity contribution in [3.05, 3.63) is 24.3 Å². The molecule has 2 atom stereocenters. The summed E-state index contributed by atoms with van der Waals surface area (Å²) in [5.41, 5.74) is 0. The van der Waals surface area contributed by atoms with E-state index < -0.39 is 20.8 Å². The Kier molecular flexibility index (Phi) is 45.6. The van der Waals surface area contributed by atoms with Gasteiger partial charge in [0, 0.05) is 11.8 Å². The van der Waals surface area contributed by atoms with E-state index in [1.54, 1.807) is 0 Å². The fourth-order valence-electron chi connectivity index (χ4n) is 5.85. The predicted molar refractivity (Wildman–Crippen MR) is 214 cm³/mol. The zero-order valence-electron chi connectivity index (χ0n) is 33.5. The monoisotopic (exact) mass is 790 g/mol. The second-order valence-corrected chi connectivity index (χ2v) is 16.1. The van der Waals surface area contributed by atoms with Crippen LogP contribution in [0, 0.1) is 11.8 Å². The largest absolute Gasteiger partial charge is 2.00 e. The third kappa shape index (κ3) is 50.5. The number of rotatable bonds is 36. The zero-order chi connectivity index (χ0) is 37.6. The van der Waals surface area contributed by atoms with Crippen molar-refractivity contribution in [2.75, 3.05) is 13.2 Å². The van der Waals surface area contributed by atoms with Gasteiger partial charge in [-0.05, 0) is 38.5 Å².